The SMILES string of the molecule is Nc1nc2c(c(=O)[nH]1)N(C=O)C(CNc1ccc(C(=O)NC(CCC(=O)O)C(=O)O)cc1)CN2.O.[Ca]. The van der Waals surface area contributed by atoms with E-state index in [-0.39, 0.29) is 79.2 Å². The van der Waals surface area contributed by atoms with Crippen molar-refractivity contribution in [2.75, 3.05) is 34.4 Å². The number of aromatic amines is 1. The van der Waals surface area contributed by atoms with Crippen molar-refractivity contribution in [2.24, 2.45) is 0 Å². The third-order valence-corrected chi connectivity index (χ3v) is 5.12. The molecule has 0 saturated carbocycles. The fourth-order valence-corrected chi connectivity index (χ4v) is 3.39. The average molecular weight is 532 g/mol. The number of carboxylic acids is 2. The largest absolute Gasteiger partial charge is 0.481 e. The van der Waals surface area contributed by atoms with Gasteiger partial charge in [0.1, 0.15) is 6.04 Å². The summed E-state index contributed by atoms with van der Waals surface area (Å²) in [4.78, 5) is 65.7. The molecule has 1 aliphatic rings. The van der Waals surface area contributed by atoms with Crippen LogP contribution in [0.2, 0.25) is 0 Å². The van der Waals surface area contributed by atoms with Gasteiger partial charge in [-0.2, -0.15) is 4.98 Å². The summed E-state index contributed by atoms with van der Waals surface area (Å²) in [5.41, 5.74) is 5.84. The minimum Gasteiger partial charge on any atom is -0.481 e. The Morgan fingerprint density at radius 1 is 1.25 bits per heavy atom. The predicted octanol–water partition coefficient (Wildman–Crippen LogP) is -1.94. The fraction of sp³-hybridized carbons (Fsp3) is 0.300. The maximum Gasteiger partial charge on any atom is 0.326 e. The Morgan fingerprint density at radius 3 is 2.50 bits per heavy atom. The van der Waals surface area contributed by atoms with Crippen LogP contribution in [-0.4, -0.2) is 113 Å². The number of aliphatic carboxylic acids is 2. The van der Waals surface area contributed by atoms with Crippen molar-refractivity contribution in [2.45, 2.75) is 24.9 Å². The zero-order chi connectivity index (χ0) is 24.8. The molecule has 2 heterocycles. The molecule has 16 heteroatoms. The molecule has 2 aromatic rings. The molecule has 1 aromatic carbocycles. The van der Waals surface area contributed by atoms with Crippen LogP contribution in [0.3, 0.4) is 0 Å². The van der Waals surface area contributed by atoms with Crippen LogP contribution in [0, 0.1) is 0 Å². The molecule has 2 radical (unpaired) electrons. The molecule has 0 aliphatic carbocycles. The van der Waals surface area contributed by atoms with E-state index in [9.17, 15) is 29.1 Å². The summed E-state index contributed by atoms with van der Waals surface area (Å²) < 4.78 is 0. The molecular formula is C20H25CaN7O8. The molecule has 36 heavy (non-hydrogen) atoms. The first-order chi connectivity index (χ1) is 16.2. The number of hydrogen-bond donors (Lipinski definition) is 7. The van der Waals surface area contributed by atoms with Gasteiger partial charge in [0, 0.05) is 68.5 Å². The number of rotatable bonds is 10. The minimum atomic E-state index is -1.33. The number of aromatic nitrogens is 2. The number of nitrogens with two attached hydrogens (primary N) is 1. The molecular weight excluding hydrogens is 506 g/mol. The maximum atomic E-state index is 12.3. The zero-order valence-corrected chi connectivity index (χ0v) is 21.2. The third kappa shape index (κ3) is 7.55. The number of nitrogens with zero attached hydrogens (tertiary/aromatic N) is 2. The van der Waals surface area contributed by atoms with Crippen LogP contribution in [-0.2, 0) is 14.4 Å². The molecule has 2 unspecified atom stereocenters. The van der Waals surface area contributed by atoms with Gasteiger partial charge in [-0.05, 0) is 30.7 Å². The van der Waals surface area contributed by atoms with E-state index >= 15 is 0 Å². The van der Waals surface area contributed by atoms with Gasteiger partial charge in [0.25, 0.3) is 11.5 Å². The van der Waals surface area contributed by atoms with Crippen LogP contribution in [0.15, 0.2) is 29.1 Å². The summed E-state index contributed by atoms with van der Waals surface area (Å²) >= 11 is 0. The number of carboxylic acid groups (broad SMARTS) is 2. The van der Waals surface area contributed by atoms with Crippen LogP contribution in [0.4, 0.5) is 23.1 Å². The van der Waals surface area contributed by atoms with Crippen molar-refractivity contribution in [3.8, 4) is 0 Å². The van der Waals surface area contributed by atoms with Gasteiger partial charge in [-0.15, -0.1) is 0 Å². The van der Waals surface area contributed by atoms with Gasteiger partial charge in [-0.25, -0.2) is 4.79 Å². The number of benzene rings is 1. The molecule has 190 valence electrons. The van der Waals surface area contributed by atoms with Gasteiger partial charge in [0.15, 0.2) is 11.5 Å². The van der Waals surface area contributed by atoms with E-state index in [4.69, 9.17) is 10.8 Å². The summed E-state index contributed by atoms with van der Waals surface area (Å²) in [6.45, 7) is 0.568. The number of nitrogens with one attached hydrogen (secondary N) is 4. The minimum absolute atomic E-state index is 0. The number of H-pyrrole nitrogens is 1. The van der Waals surface area contributed by atoms with Crippen molar-refractivity contribution in [1.82, 2.24) is 15.3 Å². The number of hydrogen-bond acceptors (Lipinski definition) is 9. The summed E-state index contributed by atoms with van der Waals surface area (Å²) in [6, 6.07) is 4.36. The third-order valence-electron chi connectivity index (χ3n) is 5.12. The molecule has 2 amide bonds. The molecule has 0 bridgehead atoms. The number of fused-ring (bicyclic) bond motifs is 1. The summed E-state index contributed by atoms with van der Waals surface area (Å²) in [7, 11) is 0. The number of anilines is 4. The average Bonchev–Trinajstić information content (AvgIpc) is 2.79. The Kier molecular flexibility index (Phi) is 11.6. The first-order valence-corrected chi connectivity index (χ1v) is 10.2. The van der Waals surface area contributed by atoms with E-state index in [1.165, 1.54) is 17.0 Å². The molecule has 10 N–H and O–H groups in total. The van der Waals surface area contributed by atoms with Crippen LogP contribution in [0.5, 0.6) is 0 Å². The Hall–Kier alpha value is -3.40. The second kappa shape index (κ2) is 13.6. The zero-order valence-electron chi connectivity index (χ0n) is 19.0. The van der Waals surface area contributed by atoms with Crippen molar-refractivity contribution in [3.63, 3.8) is 0 Å². The van der Waals surface area contributed by atoms with E-state index < -0.39 is 41.9 Å². The number of carbonyl (C=O) groups excluding carboxylic acids is 2. The van der Waals surface area contributed by atoms with E-state index in [0.717, 1.165) is 0 Å². The van der Waals surface area contributed by atoms with Gasteiger partial charge < -0.3 is 42.3 Å². The van der Waals surface area contributed by atoms with Crippen LogP contribution in [0.1, 0.15) is 23.2 Å². The summed E-state index contributed by atoms with van der Waals surface area (Å²) in [5, 5.41) is 26.3. The Bertz CT molecular complexity index is 1160. The van der Waals surface area contributed by atoms with E-state index in [1.54, 1.807) is 12.1 Å². The first-order valence-electron chi connectivity index (χ1n) is 10.2. The fourth-order valence-electron chi connectivity index (χ4n) is 3.39. The van der Waals surface area contributed by atoms with Crippen molar-refractivity contribution in [3.05, 3.63) is 40.2 Å². The predicted molar refractivity (Wildman–Crippen MR) is 130 cm³/mol. The van der Waals surface area contributed by atoms with Crippen molar-refractivity contribution in [1.29, 1.82) is 0 Å². The number of carbonyl (C=O) groups is 4. The Balaban J connectivity index is 0.00000324. The molecule has 1 aliphatic heterocycles. The maximum absolute atomic E-state index is 12.3. The molecule has 1 aromatic heterocycles. The normalized spacial score (nSPS) is 14.6. The van der Waals surface area contributed by atoms with Gasteiger partial charge in [-0.3, -0.25) is 24.2 Å². The standard InChI is InChI=1S/C20H23N7O7.Ca.H2O/c21-20-25-16-15(18(32)26-20)27(9-28)12(8-23-16)7-22-11-3-1-10(2-4-11)17(31)24-13(19(33)34)5-6-14(29)30;;/h1-4,9,12-13,22H,5-8H2,(H,24,31)(H,29,30)(H,33,34)(H4,21,23,25,26,32);;1H2. The first kappa shape index (κ1) is 30.6. The number of nitrogen functional groups attached to an aromatic ring is 1. The van der Waals surface area contributed by atoms with Crippen LogP contribution >= 0.6 is 0 Å². The molecule has 2 atom stereocenters. The molecule has 0 saturated heterocycles. The molecule has 0 spiro atoms. The summed E-state index contributed by atoms with van der Waals surface area (Å²) in [6.07, 6.45) is -0.101. The van der Waals surface area contributed by atoms with Gasteiger partial charge in [-0.1, -0.05) is 0 Å². The second-order valence-electron chi connectivity index (χ2n) is 7.45. The second-order valence-corrected chi connectivity index (χ2v) is 7.45. The monoisotopic (exact) mass is 531 g/mol. The number of amides is 2. The smallest absolute Gasteiger partial charge is 0.326 e. The van der Waals surface area contributed by atoms with E-state index in [0.29, 0.717) is 18.6 Å². The van der Waals surface area contributed by atoms with Gasteiger partial charge in [0.2, 0.25) is 12.4 Å². The van der Waals surface area contributed by atoms with Crippen molar-refractivity contribution < 1.29 is 34.9 Å². The van der Waals surface area contributed by atoms with Gasteiger partial charge >= 0.3 is 11.9 Å². The molecule has 15 nitrogen and oxygen atoms in total. The molecule has 0 fully saturated rings. The van der Waals surface area contributed by atoms with Crippen LogP contribution < -0.4 is 32.1 Å². The Morgan fingerprint density at radius 2 is 1.92 bits per heavy atom. The van der Waals surface area contributed by atoms with Gasteiger partial charge in [0.05, 0.1) is 6.04 Å². The summed E-state index contributed by atoms with van der Waals surface area (Å²) in [5.74, 6) is -3.00. The van der Waals surface area contributed by atoms with Crippen molar-refractivity contribution >= 4 is 85.1 Å². The molecule has 3 rings (SSSR count). The topological polar surface area (TPSA) is 251 Å². The quantitative estimate of drug-likeness (QED) is 0.131. The van der Waals surface area contributed by atoms with Crippen LogP contribution in [0.25, 0.3) is 0 Å². The van der Waals surface area contributed by atoms with E-state index in [2.05, 4.69) is 25.9 Å². The van der Waals surface area contributed by atoms with E-state index in [1.807, 2.05) is 0 Å². The Labute approximate surface area is 233 Å².